The zero-order chi connectivity index (χ0) is 46.8. The Bertz CT molecular complexity index is 3010. The zero-order valence-electron chi connectivity index (χ0n) is 38.0. The van der Waals surface area contributed by atoms with Crippen molar-refractivity contribution in [2.45, 2.75) is 103 Å². The smallest absolute Gasteiger partial charge is 0.230 e. The molecule has 344 valence electrons. The molecular weight excluding hydrogens is 892 g/mol. The van der Waals surface area contributed by atoms with Gasteiger partial charge < -0.3 is 29.6 Å². The number of benzene rings is 6. The van der Waals surface area contributed by atoms with Crippen molar-refractivity contribution in [3.8, 4) is 52.1 Å². The summed E-state index contributed by atoms with van der Waals surface area (Å²) in [5.41, 5.74) is 9.41. The quantitative estimate of drug-likeness (QED) is 0.0856. The standard InChI is InChI=1S/C56H52Cl2N6O4/c1-36-41(34-67-53-26-51(65-32-39-12-6-10-37(22-39)28-59)42(24-49(53)57)30-61-44-15-2-3-16-44)14-8-19-46(36)47-20-9-21-48-55(47)63-35-64-56(48)68-54-27-52(66-33-40-13-7-11-38(23-40)29-60)43(25-50(54)58)31-62-45-17-4-5-18-45/h6-14,19-27,35,44-45,61-62H,2-5,15-18,30-34H2,1H3. The molecule has 0 radical (unpaired) electrons. The van der Waals surface area contributed by atoms with Gasteiger partial charge in [0.2, 0.25) is 5.88 Å². The van der Waals surface area contributed by atoms with Gasteiger partial charge in [-0.15, -0.1) is 0 Å². The zero-order valence-corrected chi connectivity index (χ0v) is 39.5. The van der Waals surface area contributed by atoms with Gasteiger partial charge in [-0.3, -0.25) is 0 Å². The molecule has 2 aliphatic carbocycles. The Morgan fingerprint density at radius 1 is 0.574 bits per heavy atom. The molecular formula is C56H52Cl2N6O4. The first-order valence-electron chi connectivity index (χ1n) is 23.3. The minimum atomic E-state index is 0.260. The highest BCUT2D eigenvalue weighted by Gasteiger charge is 2.21. The topological polar surface area (TPSA) is 134 Å². The highest BCUT2D eigenvalue weighted by molar-refractivity contribution is 6.32. The number of hydrogen-bond acceptors (Lipinski definition) is 10. The predicted molar refractivity (Wildman–Crippen MR) is 266 cm³/mol. The van der Waals surface area contributed by atoms with Crippen LogP contribution in [0.1, 0.15) is 95.9 Å². The van der Waals surface area contributed by atoms with Crippen LogP contribution in [0.25, 0.3) is 22.0 Å². The van der Waals surface area contributed by atoms with Crippen LogP contribution in [0.5, 0.6) is 28.9 Å². The minimum absolute atomic E-state index is 0.260. The van der Waals surface area contributed by atoms with Crippen molar-refractivity contribution in [3.63, 3.8) is 0 Å². The Morgan fingerprint density at radius 3 is 1.71 bits per heavy atom. The molecule has 0 saturated heterocycles. The van der Waals surface area contributed by atoms with Crippen LogP contribution >= 0.6 is 23.2 Å². The van der Waals surface area contributed by atoms with Gasteiger partial charge >= 0.3 is 0 Å². The normalized spacial score (nSPS) is 13.9. The molecule has 2 aliphatic rings. The van der Waals surface area contributed by atoms with E-state index >= 15 is 0 Å². The van der Waals surface area contributed by atoms with Crippen molar-refractivity contribution < 1.29 is 18.9 Å². The van der Waals surface area contributed by atoms with E-state index < -0.39 is 0 Å². The number of nitrogens with one attached hydrogen (secondary N) is 2. The molecule has 2 saturated carbocycles. The van der Waals surface area contributed by atoms with Gasteiger partial charge in [-0.1, -0.05) is 103 Å². The van der Waals surface area contributed by atoms with Gasteiger partial charge in [0.15, 0.2) is 5.75 Å². The third-order valence-electron chi connectivity index (χ3n) is 13.0. The van der Waals surface area contributed by atoms with Crippen LogP contribution in [0, 0.1) is 29.6 Å². The highest BCUT2D eigenvalue weighted by atomic mass is 35.5. The van der Waals surface area contributed by atoms with Crippen LogP contribution in [0.4, 0.5) is 0 Å². The molecule has 1 aromatic heterocycles. The first kappa shape index (κ1) is 46.5. The van der Waals surface area contributed by atoms with Crippen LogP contribution in [-0.2, 0) is 32.9 Å². The molecule has 0 atom stereocenters. The lowest BCUT2D eigenvalue weighted by atomic mass is 9.95. The number of hydrogen-bond donors (Lipinski definition) is 2. The number of nitrogens with zero attached hydrogens (tertiary/aromatic N) is 4. The lowest BCUT2D eigenvalue weighted by molar-refractivity contribution is 0.287. The third kappa shape index (κ3) is 11.2. The molecule has 7 aromatic rings. The SMILES string of the molecule is Cc1c(COc2cc(OCc3cccc(C#N)c3)c(CNC3CCCC3)cc2Cl)cccc1-c1cccc2c(Oc3cc(OCc4cccc(C#N)c4)c(CNC4CCCC4)cc3Cl)ncnc12. The Hall–Kier alpha value is -6.66. The van der Waals surface area contributed by atoms with E-state index in [4.69, 9.17) is 47.1 Å². The second kappa shape index (κ2) is 22.0. The number of aromatic nitrogens is 2. The summed E-state index contributed by atoms with van der Waals surface area (Å²) in [5, 5.41) is 27.9. The fraction of sp³-hybridized carbons (Fsp3) is 0.286. The van der Waals surface area contributed by atoms with Gasteiger partial charge in [0.05, 0.1) is 44.2 Å². The van der Waals surface area contributed by atoms with E-state index in [0.717, 1.165) is 70.2 Å². The van der Waals surface area contributed by atoms with Crippen molar-refractivity contribution >= 4 is 34.1 Å². The Balaban J connectivity index is 0.955. The first-order valence-corrected chi connectivity index (χ1v) is 24.1. The van der Waals surface area contributed by atoms with Crippen LogP contribution in [-0.4, -0.2) is 22.1 Å². The minimum Gasteiger partial charge on any atom is -0.488 e. The highest BCUT2D eigenvalue weighted by Crippen LogP contribution is 2.40. The predicted octanol–water partition coefficient (Wildman–Crippen LogP) is 13.2. The first-order chi connectivity index (χ1) is 33.3. The van der Waals surface area contributed by atoms with Crippen molar-refractivity contribution in [2.24, 2.45) is 0 Å². The summed E-state index contributed by atoms with van der Waals surface area (Å²) in [6.07, 6.45) is 11.0. The van der Waals surface area contributed by atoms with Crippen molar-refractivity contribution in [3.05, 3.63) is 170 Å². The number of fused-ring (bicyclic) bond motifs is 1. The van der Waals surface area contributed by atoms with E-state index in [2.05, 4.69) is 46.8 Å². The number of nitriles is 2. The summed E-state index contributed by atoms with van der Waals surface area (Å²) < 4.78 is 25.9. The molecule has 10 nitrogen and oxygen atoms in total. The Morgan fingerprint density at radius 2 is 1.10 bits per heavy atom. The van der Waals surface area contributed by atoms with Gasteiger partial charge in [0, 0.05) is 54.0 Å². The second-order valence-electron chi connectivity index (χ2n) is 17.6. The van der Waals surface area contributed by atoms with Gasteiger partial charge in [-0.05, 0) is 103 Å². The van der Waals surface area contributed by atoms with E-state index in [0.29, 0.717) is 92.7 Å². The van der Waals surface area contributed by atoms with E-state index in [1.165, 1.54) is 32.0 Å². The molecule has 1 heterocycles. The summed E-state index contributed by atoms with van der Waals surface area (Å²) in [6, 6.07) is 39.8. The monoisotopic (exact) mass is 942 g/mol. The average Bonchev–Trinajstić information content (AvgIpc) is 4.11. The molecule has 9 rings (SSSR count). The molecule has 68 heavy (non-hydrogen) atoms. The van der Waals surface area contributed by atoms with Crippen molar-refractivity contribution in [1.82, 2.24) is 20.6 Å². The summed E-state index contributed by atoms with van der Waals surface area (Å²) >= 11 is 13.9. The maximum absolute atomic E-state index is 9.47. The molecule has 2 fully saturated rings. The van der Waals surface area contributed by atoms with Gasteiger partial charge in [0.25, 0.3) is 0 Å². The van der Waals surface area contributed by atoms with Crippen LogP contribution in [0.3, 0.4) is 0 Å². The largest absolute Gasteiger partial charge is 0.488 e. The Labute approximate surface area is 407 Å². The maximum atomic E-state index is 9.47. The molecule has 0 bridgehead atoms. The van der Waals surface area contributed by atoms with Crippen LogP contribution in [0.2, 0.25) is 10.0 Å². The number of halogens is 2. The lowest BCUT2D eigenvalue weighted by Crippen LogP contribution is -2.25. The molecule has 12 heteroatoms. The van der Waals surface area contributed by atoms with Crippen LogP contribution < -0.4 is 29.6 Å². The lowest BCUT2D eigenvalue weighted by Gasteiger charge is -2.19. The fourth-order valence-corrected chi connectivity index (χ4v) is 9.66. The summed E-state index contributed by atoms with van der Waals surface area (Å²) in [7, 11) is 0. The number of para-hydroxylation sites is 1. The van der Waals surface area contributed by atoms with Crippen LogP contribution in [0.15, 0.2) is 116 Å². The number of ether oxygens (including phenoxy) is 4. The van der Waals surface area contributed by atoms with Crippen molar-refractivity contribution in [1.29, 1.82) is 10.5 Å². The molecule has 6 aromatic carbocycles. The molecule has 0 spiro atoms. The van der Waals surface area contributed by atoms with Gasteiger partial charge in [-0.25, -0.2) is 9.97 Å². The maximum Gasteiger partial charge on any atom is 0.230 e. The summed E-state index contributed by atoms with van der Waals surface area (Å²) in [6.45, 7) is 4.11. The van der Waals surface area contributed by atoms with E-state index in [1.54, 1.807) is 12.1 Å². The molecule has 2 N–H and O–H groups in total. The van der Waals surface area contributed by atoms with E-state index in [1.807, 2.05) is 84.9 Å². The van der Waals surface area contributed by atoms with Gasteiger partial charge in [-0.2, -0.15) is 10.5 Å². The summed E-state index contributed by atoms with van der Waals surface area (Å²) in [4.78, 5) is 9.36. The summed E-state index contributed by atoms with van der Waals surface area (Å²) in [5.74, 6) is 2.57. The third-order valence-corrected chi connectivity index (χ3v) is 13.5. The van der Waals surface area contributed by atoms with E-state index in [9.17, 15) is 10.5 Å². The molecule has 0 unspecified atom stereocenters. The molecule has 0 amide bonds. The Kier molecular flexibility index (Phi) is 15.0. The van der Waals surface area contributed by atoms with Crippen molar-refractivity contribution in [2.75, 3.05) is 0 Å². The van der Waals surface area contributed by atoms with E-state index in [-0.39, 0.29) is 13.2 Å². The molecule has 0 aliphatic heterocycles. The fourth-order valence-electron chi connectivity index (χ4n) is 9.19. The van der Waals surface area contributed by atoms with Gasteiger partial charge in [0.1, 0.15) is 43.4 Å². The number of rotatable bonds is 18. The average molecular weight is 944 g/mol. The second-order valence-corrected chi connectivity index (χ2v) is 18.4.